The summed E-state index contributed by atoms with van der Waals surface area (Å²) in [6.45, 7) is 2.95. The quantitative estimate of drug-likeness (QED) is 0.0178. The number of carbonyl (C=O) groups is 12. The van der Waals surface area contributed by atoms with Gasteiger partial charge in [0, 0.05) is 0 Å². The Hall–Kier alpha value is -7.59. The van der Waals surface area contributed by atoms with Crippen molar-refractivity contribution in [2.75, 3.05) is 38.7 Å². The molecule has 2 rings (SSSR count). The van der Waals surface area contributed by atoms with Crippen LogP contribution in [0.2, 0.25) is 0 Å². The maximum atomic E-state index is 14.2. The number of aliphatic carboxylic acids is 2. The van der Waals surface area contributed by atoms with Gasteiger partial charge in [0.1, 0.15) is 60.3 Å². The lowest BCUT2D eigenvalue weighted by atomic mass is 10.0. The van der Waals surface area contributed by atoms with Crippen molar-refractivity contribution in [1.82, 2.24) is 47.9 Å². The number of alkyl halides is 1. The van der Waals surface area contributed by atoms with E-state index in [2.05, 4.69) is 37.2 Å². The van der Waals surface area contributed by atoms with E-state index in [4.69, 9.17) is 38.3 Å². The molecule has 0 radical (unpaired) electrons. The molecule has 86 heavy (non-hydrogen) atoms. The van der Waals surface area contributed by atoms with Gasteiger partial charge in [-0.2, -0.15) is 0 Å². The summed E-state index contributed by atoms with van der Waals surface area (Å²) in [6, 6.07) is -8.94. The molecule has 32 nitrogen and oxygen atoms in total. The molecule has 0 aromatic heterocycles. The number of aliphatic hydroxyl groups is 4. The minimum absolute atomic E-state index is 0.00266. The highest BCUT2D eigenvalue weighted by Gasteiger charge is 2.41. The van der Waals surface area contributed by atoms with Gasteiger partial charge in [-0.05, 0) is 103 Å². The molecule has 1 heterocycles. The normalized spacial score (nSPS) is 24.0. The van der Waals surface area contributed by atoms with Gasteiger partial charge in [-0.25, -0.2) is 9.59 Å². The van der Waals surface area contributed by atoms with E-state index in [1.165, 1.54) is 0 Å². The molecule has 1 unspecified atom stereocenters. The van der Waals surface area contributed by atoms with Gasteiger partial charge in [-0.1, -0.05) is 38.0 Å². The Morgan fingerprint density at radius 2 is 1.30 bits per heavy atom. The SMILES string of the molecule is C/C=C1/NC(=O)[C@H]([C@H](C)O)NC(=O)[C@H](CCN)NC(=O)[C@H](CCCCN)NC(=O)[C@H](CC(=O)O)NC(=O)[C@@H](CCN)NC(=O)[C@@H](NC(=O)C[C@@H](O)CCc2cccc(OCCCCC)c2)COC(=O)[C@H]([C@H](O)CCl)NC(=O)[C@H](C(O)C(=O)O)NC1=O. The van der Waals surface area contributed by atoms with E-state index < -0.39 is 181 Å². The monoisotopic (exact) mass is 1240 g/mol. The standard InChI is InChI=1S/C53H83ClN12O20/c1-4-6-9-21-85-30-12-10-11-28(22-30)14-15-29(68)23-38(70)58-36-26-86-53(84)41(37(69)25-54)65-51(81)42(43(73)52(82)83)66-44(74)31(5-2)59-50(80)40(27(3)67)64-47(77)34(17-20-57)61-45(75)32(13-7-8-18-55)60-48(78)35(24-39(71)72)63-46(76)33(16-19-56)62-49(36)79/h5,10-12,22,27,29,32-37,40-43,67-69,73H,4,6-9,13-21,23-26,55-57H2,1-3H3,(H,58,70)(H,59,80)(H,60,78)(H,61,75)(H,62,79)(H,63,76)(H,64,77)(H,65,81)(H,66,74)(H,71,72)(H,82,83)/b31-5+/t27-,29-,32-,33+,34-,35-,36-,37+,40-,41-,42-,43?/m0/s1. The van der Waals surface area contributed by atoms with Gasteiger partial charge in [0.05, 0.1) is 43.6 Å². The molecule has 0 aliphatic carbocycles. The smallest absolute Gasteiger partial charge is 0.335 e. The second-order valence-corrected chi connectivity index (χ2v) is 20.3. The Kier molecular flexibility index (Phi) is 33.9. The number of halogens is 1. The predicted octanol–water partition coefficient (Wildman–Crippen LogP) is -5.88. The summed E-state index contributed by atoms with van der Waals surface area (Å²) in [5, 5.41) is 82.4. The van der Waals surface area contributed by atoms with Crippen LogP contribution >= 0.6 is 11.6 Å². The summed E-state index contributed by atoms with van der Waals surface area (Å²) < 4.78 is 11.1. The summed E-state index contributed by atoms with van der Waals surface area (Å²) in [5.74, 6) is -17.4. The highest BCUT2D eigenvalue weighted by atomic mass is 35.5. The second-order valence-electron chi connectivity index (χ2n) is 20.0. The highest BCUT2D eigenvalue weighted by Crippen LogP contribution is 2.17. The summed E-state index contributed by atoms with van der Waals surface area (Å²) in [4.78, 5) is 163. The third kappa shape index (κ3) is 25.9. The van der Waals surface area contributed by atoms with E-state index in [1.807, 2.05) is 17.6 Å². The number of benzene rings is 1. The number of esters is 1. The molecule has 1 aliphatic heterocycles. The number of carbonyl (C=O) groups excluding carboxylic acids is 10. The van der Waals surface area contributed by atoms with Crippen LogP contribution < -0.4 is 69.8 Å². The number of hydrogen-bond donors (Lipinski definition) is 18. The lowest BCUT2D eigenvalue weighted by molar-refractivity contribution is -0.155. The lowest BCUT2D eigenvalue weighted by Crippen LogP contribution is -2.62. The summed E-state index contributed by atoms with van der Waals surface area (Å²) >= 11 is 5.87. The van der Waals surface area contributed by atoms with Gasteiger partial charge in [-0.3, -0.25) is 47.9 Å². The number of allylic oxidation sites excluding steroid dienone is 1. The van der Waals surface area contributed by atoms with E-state index >= 15 is 0 Å². The summed E-state index contributed by atoms with van der Waals surface area (Å²) in [5.41, 5.74) is 17.2. The molecular formula is C53H83ClN12O20. The minimum Gasteiger partial charge on any atom is -0.494 e. The average Bonchev–Trinajstić information content (AvgIpc) is 3.24. The number of nitrogens with two attached hydrogens (primary N) is 3. The maximum Gasteiger partial charge on any atom is 0.335 e. The van der Waals surface area contributed by atoms with Crippen molar-refractivity contribution in [2.45, 2.75) is 171 Å². The van der Waals surface area contributed by atoms with Crippen molar-refractivity contribution < 1.29 is 97.6 Å². The van der Waals surface area contributed by atoms with Crippen molar-refractivity contribution in [3.05, 3.63) is 41.6 Å². The molecule has 482 valence electrons. The summed E-state index contributed by atoms with van der Waals surface area (Å²) in [7, 11) is 0. The number of aryl methyl sites for hydroxylation is 1. The number of cyclic esters (lactones) is 1. The van der Waals surface area contributed by atoms with E-state index in [9.17, 15) is 88.2 Å². The van der Waals surface area contributed by atoms with E-state index in [-0.39, 0.29) is 58.2 Å². The van der Waals surface area contributed by atoms with Crippen LogP contribution in [-0.2, 0) is 68.7 Å². The molecule has 0 bridgehead atoms. The lowest BCUT2D eigenvalue weighted by Gasteiger charge is -2.28. The Morgan fingerprint density at radius 1 is 0.721 bits per heavy atom. The predicted molar refractivity (Wildman–Crippen MR) is 303 cm³/mol. The number of hydrogen-bond acceptors (Lipinski definition) is 21. The third-order valence-electron chi connectivity index (χ3n) is 13.0. The fourth-order valence-corrected chi connectivity index (χ4v) is 8.38. The van der Waals surface area contributed by atoms with Gasteiger partial charge in [0.15, 0.2) is 12.1 Å². The Morgan fingerprint density at radius 3 is 1.86 bits per heavy atom. The van der Waals surface area contributed by atoms with Crippen LogP contribution in [0.25, 0.3) is 0 Å². The molecule has 1 aromatic carbocycles. The topological polar surface area (TPSA) is 531 Å². The highest BCUT2D eigenvalue weighted by molar-refractivity contribution is 6.18. The number of ether oxygens (including phenoxy) is 2. The minimum atomic E-state index is -2.85. The molecular weight excluding hydrogens is 1160 g/mol. The van der Waals surface area contributed by atoms with Crippen molar-refractivity contribution in [3.63, 3.8) is 0 Å². The van der Waals surface area contributed by atoms with Crippen LogP contribution in [0.15, 0.2) is 36.0 Å². The molecule has 1 saturated heterocycles. The van der Waals surface area contributed by atoms with Crippen LogP contribution in [0, 0.1) is 0 Å². The fourth-order valence-electron chi connectivity index (χ4n) is 8.20. The average molecular weight is 1240 g/mol. The zero-order chi connectivity index (χ0) is 64.6. The van der Waals surface area contributed by atoms with Gasteiger partial charge in [-0.15, -0.1) is 11.6 Å². The van der Waals surface area contributed by atoms with Crippen molar-refractivity contribution in [1.29, 1.82) is 0 Å². The zero-order valence-corrected chi connectivity index (χ0v) is 48.8. The molecule has 0 saturated carbocycles. The van der Waals surface area contributed by atoms with Crippen molar-refractivity contribution in [3.8, 4) is 5.75 Å². The molecule has 9 amide bonds. The second kappa shape index (κ2) is 39.2. The molecule has 1 aromatic rings. The molecule has 1 aliphatic rings. The van der Waals surface area contributed by atoms with Gasteiger partial charge < -0.3 is 105 Å². The molecule has 1 fully saturated rings. The Bertz CT molecular complexity index is 2510. The Labute approximate surface area is 500 Å². The first-order valence-electron chi connectivity index (χ1n) is 27.9. The van der Waals surface area contributed by atoms with Crippen LogP contribution in [0.1, 0.15) is 97.0 Å². The van der Waals surface area contributed by atoms with Crippen LogP contribution in [-0.4, -0.2) is 213 Å². The molecule has 12 atom stereocenters. The third-order valence-corrected chi connectivity index (χ3v) is 13.3. The van der Waals surface area contributed by atoms with E-state index in [0.29, 0.717) is 12.4 Å². The number of rotatable bonds is 26. The van der Waals surface area contributed by atoms with Gasteiger partial charge >= 0.3 is 17.9 Å². The number of amides is 9. The first-order valence-corrected chi connectivity index (χ1v) is 28.4. The molecule has 21 N–H and O–H groups in total. The molecule has 33 heteroatoms. The first kappa shape index (κ1) is 74.5. The van der Waals surface area contributed by atoms with E-state index in [1.54, 1.807) is 24.3 Å². The summed E-state index contributed by atoms with van der Waals surface area (Å²) in [6.07, 6.45) is -6.56. The van der Waals surface area contributed by atoms with Gasteiger partial charge in [0.2, 0.25) is 47.3 Å². The van der Waals surface area contributed by atoms with Crippen LogP contribution in [0.4, 0.5) is 0 Å². The number of carboxylic acids is 2. The number of carboxylic acid groups (broad SMARTS) is 2. The van der Waals surface area contributed by atoms with Gasteiger partial charge in [0.25, 0.3) is 5.91 Å². The molecule has 0 spiro atoms. The van der Waals surface area contributed by atoms with Crippen LogP contribution in [0.5, 0.6) is 5.75 Å². The Balaban J connectivity index is 2.78. The number of unbranched alkanes of at least 4 members (excludes halogenated alkanes) is 3. The van der Waals surface area contributed by atoms with Crippen LogP contribution in [0.3, 0.4) is 0 Å². The number of aliphatic hydroxyl groups excluding tert-OH is 4. The number of nitrogens with one attached hydrogen (secondary N) is 9. The first-order chi connectivity index (χ1) is 40.7. The van der Waals surface area contributed by atoms with Crippen molar-refractivity contribution in [2.24, 2.45) is 17.2 Å². The largest absolute Gasteiger partial charge is 0.494 e. The van der Waals surface area contributed by atoms with E-state index in [0.717, 1.165) is 44.7 Å². The van der Waals surface area contributed by atoms with Crippen molar-refractivity contribution >= 4 is 82.7 Å². The fraction of sp³-hybridized carbons (Fsp3) is 0.623. The zero-order valence-electron chi connectivity index (χ0n) is 48.1. The maximum absolute atomic E-state index is 14.2.